The minimum absolute atomic E-state index is 0.0674. The van der Waals surface area contributed by atoms with Gasteiger partial charge in [-0.05, 0) is 30.7 Å². The standard InChI is InChI=1S/C14H9Cl2NO3/c1-3-4-19-13-11(15)6-9(7-12(13)16)5-10-8(2)17-20-14(10)18/h1,5-7H,4H2,2H3/b10-5-. The lowest BCUT2D eigenvalue weighted by Gasteiger charge is -2.08. The number of hydrogen-bond acceptors (Lipinski definition) is 4. The molecule has 0 spiro atoms. The van der Waals surface area contributed by atoms with Crippen molar-refractivity contribution < 1.29 is 14.4 Å². The van der Waals surface area contributed by atoms with Gasteiger partial charge in [0, 0.05) is 0 Å². The number of benzene rings is 1. The number of carbonyl (C=O) groups is 1. The number of nitrogens with zero attached hydrogens (tertiary/aromatic N) is 1. The average molecular weight is 310 g/mol. The molecule has 0 N–H and O–H groups in total. The Balaban J connectivity index is 2.36. The quantitative estimate of drug-likeness (QED) is 0.489. The summed E-state index contributed by atoms with van der Waals surface area (Å²) >= 11 is 12.1. The first-order valence-corrected chi connectivity index (χ1v) is 6.32. The zero-order chi connectivity index (χ0) is 14.7. The van der Waals surface area contributed by atoms with Crippen LogP contribution in [0.4, 0.5) is 0 Å². The molecule has 1 aliphatic rings. The highest BCUT2D eigenvalue weighted by Crippen LogP contribution is 2.35. The van der Waals surface area contributed by atoms with Crippen LogP contribution in [0.25, 0.3) is 6.08 Å². The molecular formula is C14H9Cl2NO3. The summed E-state index contributed by atoms with van der Waals surface area (Å²) in [6.07, 6.45) is 6.70. The van der Waals surface area contributed by atoms with Crippen molar-refractivity contribution >= 4 is 41.0 Å². The normalized spacial score (nSPS) is 15.8. The summed E-state index contributed by atoms with van der Waals surface area (Å²) in [6, 6.07) is 3.23. The molecule has 0 aromatic heterocycles. The minimum Gasteiger partial charge on any atom is -0.478 e. The van der Waals surface area contributed by atoms with Crippen molar-refractivity contribution in [3.63, 3.8) is 0 Å². The molecular weight excluding hydrogens is 301 g/mol. The molecule has 1 aliphatic heterocycles. The maximum absolute atomic E-state index is 11.4. The molecule has 6 heteroatoms. The first kappa shape index (κ1) is 14.4. The molecule has 0 bridgehead atoms. The SMILES string of the molecule is C#CCOc1c(Cl)cc(/C=C2\C(=O)ON=C2C)cc1Cl. The average Bonchev–Trinajstić information content (AvgIpc) is 2.70. The Morgan fingerprint density at radius 1 is 1.45 bits per heavy atom. The van der Waals surface area contributed by atoms with E-state index < -0.39 is 5.97 Å². The van der Waals surface area contributed by atoms with E-state index in [0.29, 0.717) is 32.6 Å². The van der Waals surface area contributed by atoms with Crippen LogP contribution in [-0.4, -0.2) is 18.3 Å². The van der Waals surface area contributed by atoms with Gasteiger partial charge in [-0.25, -0.2) is 4.79 Å². The van der Waals surface area contributed by atoms with Gasteiger partial charge >= 0.3 is 5.97 Å². The van der Waals surface area contributed by atoms with E-state index >= 15 is 0 Å². The van der Waals surface area contributed by atoms with E-state index in [-0.39, 0.29) is 6.61 Å². The predicted molar refractivity (Wildman–Crippen MR) is 78.0 cm³/mol. The third-order valence-electron chi connectivity index (χ3n) is 2.51. The Bertz CT molecular complexity index is 648. The number of carbonyl (C=O) groups excluding carboxylic acids is 1. The summed E-state index contributed by atoms with van der Waals surface area (Å²) in [5.41, 5.74) is 1.49. The topological polar surface area (TPSA) is 47.9 Å². The lowest BCUT2D eigenvalue weighted by atomic mass is 10.1. The number of rotatable bonds is 3. The minimum atomic E-state index is -0.512. The lowest BCUT2D eigenvalue weighted by Crippen LogP contribution is -2.02. The fourth-order valence-electron chi connectivity index (χ4n) is 1.60. The first-order chi connectivity index (χ1) is 9.52. The van der Waals surface area contributed by atoms with Crippen LogP contribution in [-0.2, 0) is 9.63 Å². The zero-order valence-electron chi connectivity index (χ0n) is 10.4. The molecule has 0 saturated heterocycles. The number of terminal acetylenes is 1. The van der Waals surface area contributed by atoms with Gasteiger partial charge in [-0.1, -0.05) is 34.3 Å². The molecule has 1 aromatic rings. The highest BCUT2D eigenvalue weighted by Gasteiger charge is 2.22. The molecule has 0 saturated carbocycles. The summed E-state index contributed by atoms with van der Waals surface area (Å²) < 4.78 is 5.25. The third kappa shape index (κ3) is 2.96. The van der Waals surface area contributed by atoms with Crippen molar-refractivity contribution in [3.05, 3.63) is 33.3 Å². The number of halogens is 2. The maximum Gasteiger partial charge on any atom is 0.367 e. The van der Waals surface area contributed by atoms with Crippen LogP contribution in [0.3, 0.4) is 0 Å². The Labute approximate surface area is 125 Å². The van der Waals surface area contributed by atoms with Crippen LogP contribution in [0.15, 0.2) is 22.9 Å². The predicted octanol–water partition coefficient (Wildman–Crippen LogP) is 3.32. The van der Waals surface area contributed by atoms with Gasteiger partial charge in [0.2, 0.25) is 0 Å². The Kier molecular flexibility index (Phi) is 4.33. The van der Waals surface area contributed by atoms with Gasteiger partial charge in [0.05, 0.1) is 21.3 Å². The van der Waals surface area contributed by atoms with Crippen LogP contribution in [0.5, 0.6) is 5.75 Å². The Hall–Kier alpha value is -1.96. The summed E-state index contributed by atoms with van der Waals surface area (Å²) in [6.45, 7) is 1.74. The summed E-state index contributed by atoms with van der Waals surface area (Å²) in [4.78, 5) is 16.0. The lowest BCUT2D eigenvalue weighted by molar-refractivity contribution is -0.136. The van der Waals surface area contributed by atoms with Crippen molar-refractivity contribution in [2.75, 3.05) is 6.61 Å². The molecule has 4 nitrogen and oxygen atoms in total. The summed E-state index contributed by atoms with van der Waals surface area (Å²) in [5, 5.41) is 4.20. The fourth-order valence-corrected chi connectivity index (χ4v) is 2.21. The number of oxime groups is 1. The van der Waals surface area contributed by atoms with Crippen LogP contribution in [0.2, 0.25) is 10.0 Å². The van der Waals surface area contributed by atoms with Gasteiger partial charge in [0.15, 0.2) is 5.75 Å². The zero-order valence-corrected chi connectivity index (χ0v) is 12.0. The van der Waals surface area contributed by atoms with E-state index in [1.54, 1.807) is 25.1 Å². The highest BCUT2D eigenvalue weighted by atomic mass is 35.5. The van der Waals surface area contributed by atoms with Crippen LogP contribution in [0, 0.1) is 12.3 Å². The van der Waals surface area contributed by atoms with Crippen molar-refractivity contribution in [2.45, 2.75) is 6.92 Å². The molecule has 0 unspecified atom stereocenters. The van der Waals surface area contributed by atoms with E-state index in [1.165, 1.54) is 0 Å². The molecule has 102 valence electrons. The van der Waals surface area contributed by atoms with Gasteiger partial charge in [0.25, 0.3) is 0 Å². The second-order valence-corrected chi connectivity index (χ2v) is 4.73. The Morgan fingerprint density at radius 2 is 2.10 bits per heavy atom. The van der Waals surface area contributed by atoms with Crippen LogP contribution >= 0.6 is 23.2 Å². The summed E-state index contributed by atoms with van der Waals surface area (Å²) in [5.74, 6) is 2.13. The smallest absolute Gasteiger partial charge is 0.367 e. The molecule has 1 heterocycles. The number of hydrogen-bond donors (Lipinski definition) is 0. The summed E-state index contributed by atoms with van der Waals surface area (Å²) in [7, 11) is 0. The number of ether oxygens (including phenoxy) is 1. The fraction of sp³-hybridized carbons (Fsp3) is 0.143. The molecule has 1 aromatic carbocycles. The van der Waals surface area contributed by atoms with Gasteiger partial charge < -0.3 is 9.57 Å². The second kappa shape index (κ2) is 6.00. The monoisotopic (exact) mass is 309 g/mol. The van der Waals surface area contributed by atoms with E-state index in [9.17, 15) is 4.79 Å². The van der Waals surface area contributed by atoms with E-state index in [4.69, 9.17) is 34.4 Å². The van der Waals surface area contributed by atoms with Gasteiger partial charge in [0.1, 0.15) is 6.61 Å². The van der Waals surface area contributed by atoms with Gasteiger partial charge in [-0.15, -0.1) is 6.42 Å². The van der Waals surface area contributed by atoms with E-state index in [1.807, 2.05) is 0 Å². The molecule has 0 amide bonds. The van der Waals surface area contributed by atoms with E-state index in [2.05, 4.69) is 15.9 Å². The van der Waals surface area contributed by atoms with Gasteiger partial charge in [-0.3, -0.25) is 0 Å². The van der Waals surface area contributed by atoms with Gasteiger partial charge in [-0.2, -0.15) is 0 Å². The first-order valence-electron chi connectivity index (χ1n) is 5.56. The van der Waals surface area contributed by atoms with Crippen molar-refractivity contribution in [1.82, 2.24) is 0 Å². The van der Waals surface area contributed by atoms with E-state index in [0.717, 1.165) is 0 Å². The highest BCUT2D eigenvalue weighted by molar-refractivity contribution is 6.37. The maximum atomic E-state index is 11.4. The van der Waals surface area contributed by atoms with Crippen molar-refractivity contribution in [1.29, 1.82) is 0 Å². The molecule has 20 heavy (non-hydrogen) atoms. The van der Waals surface area contributed by atoms with Crippen LogP contribution < -0.4 is 4.74 Å². The van der Waals surface area contributed by atoms with Crippen molar-refractivity contribution in [2.24, 2.45) is 5.16 Å². The third-order valence-corrected chi connectivity index (χ3v) is 3.07. The van der Waals surface area contributed by atoms with Crippen molar-refractivity contribution in [3.8, 4) is 18.1 Å². The second-order valence-electron chi connectivity index (χ2n) is 3.92. The molecule has 2 rings (SSSR count). The molecule has 0 atom stereocenters. The molecule has 0 fully saturated rings. The largest absolute Gasteiger partial charge is 0.478 e. The van der Waals surface area contributed by atoms with Crippen LogP contribution in [0.1, 0.15) is 12.5 Å². The Morgan fingerprint density at radius 3 is 2.60 bits per heavy atom. The molecule has 0 radical (unpaired) electrons. The molecule has 0 aliphatic carbocycles.